The van der Waals surface area contributed by atoms with Crippen molar-refractivity contribution in [2.24, 2.45) is 4.99 Å². The first-order valence-corrected chi connectivity index (χ1v) is 11.0. The molecule has 0 radical (unpaired) electrons. The van der Waals surface area contributed by atoms with Crippen molar-refractivity contribution in [1.82, 2.24) is 10.6 Å². The van der Waals surface area contributed by atoms with Crippen molar-refractivity contribution in [3.63, 3.8) is 0 Å². The van der Waals surface area contributed by atoms with E-state index in [1.807, 2.05) is 30.3 Å². The third-order valence-electron chi connectivity index (χ3n) is 5.69. The number of hydrogen-bond acceptors (Lipinski definition) is 4. The van der Waals surface area contributed by atoms with E-state index in [4.69, 9.17) is 30.8 Å². The van der Waals surface area contributed by atoms with Crippen molar-refractivity contribution in [2.45, 2.75) is 31.7 Å². The molecule has 3 rings (SSSR count). The molecule has 2 aromatic rings. The van der Waals surface area contributed by atoms with Gasteiger partial charge in [-0.3, -0.25) is 0 Å². The summed E-state index contributed by atoms with van der Waals surface area (Å²) in [4.78, 5) is 4.78. The Hall–Kier alpha value is -2.44. The van der Waals surface area contributed by atoms with Crippen LogP contribution in [0.3, 0.4) is 0 Å². The van der Waals surface area contributed by atoms with Gasteiger partial charge in [0, 0.05) is 36.7 Å². The lowest BCUT2D eigenvalue weighted by Gasteiger charge is -2.38. The van der Waals surface area contributed by atoms with Crippen molar-refractivity contribution in [3.05, 3.63) is 58.6 Å². The Morgan fingerprint density at radius 1 is 1.06 bits per heavy atom. The molecule has 0 bridgehead atoms. The summed E-state index contributed by atoms with van der Waals surface area (Å²) in [5.74, 6) is 2.20. The molecule has 0 spiro atoms. The lowest BCUT2D eigenvalue weighted by molar-refractivity contribution is 0.0514. The number of hydrogen-bond donors (Lipinski definition) is 2. The minimum absolute atomic E-state index is 0.0390. The largest absolute Gasteiger partial charge is 0.493 e. The van der Waals surface area contributed by atoms with E-state index in [9.17, 15) is 0 Å². The monoisotopic (exact) mass is 445 g/mol. The van der Waals surface area contributed by atoms with Crippen molar-refractivity contribution < 1.29 is 14.2 Å². The Balaban J connectivity index is 1.75. The van der Waals surface area contributed by atoms with Crippen molar-refractivity contribution in [2.75, 3.05) is 40.5 Å². The first-order valence-electron chi connectivity index (χ1n) is 10.7. The summed E-state index contributed by atoms with van der Waals surface area (Å²) in [6.07, 6.45) is 1.88. The van der Waals surface area contributed by atoms with Gasteiger partial charge in [-0.1, -0.05) is 29.8 Å². The van der Waals surface area contributed by atoms with Crippen LogP contribution in [-0.4, -0.2) is 46.5 Å². The molecule has 0 aromatic heterocycles. The van der Waals surface area contributed by atoms with Gasteiger partial charge in [0.25, 0.3) is 0 Å². The highest BCUT2D eigenvalue weighted by atomic mass is 35.5. The van der Waals surface area contributed by atoms with E-state index in [0.717, 1.165) is 55.7 Å². The zero-order valence-corrected chi connectivity index (χ0v) is 19.3. The molecule has 0 unspecified atom stereocenters. The second kappa shape index (κ2) is 11.3. The maximum Gasteiger partial charge on any atom is 0.191 e. The van der Waals surface area contributed by atoms with Gasteiger partial charge in [-0.05, 0) is 55.2 Å². The Bertz CT molecular complexity index is 882. The van der Waals surface area contributed by atoms with Gasteiger partial charge in [0.05, 0.1) is 20.8 Å². The standard InChI is InChI=1S/C24H32ClN3O3/c1-4-26-23(27-16-18-8-9-21(29-2)22(14-18)30-3)28-17-24(10-12-31-13-11-24)19-6-5-7-20(25)15-19/h5-9,14-15H,4,10-13,16-17H2,1-3H3,(H2,26,27,28). The number of nitrogens with one attached hydrogen (secondary N) is 2. The summed E-state index contributed by atoms with van der Waals surface area (Å²) in [6, 6.07) is 14.0. The number of nitrogens with zero attached hydrogens (tertiary/aromatic N) is 1. The van der Waals surface area contributed by atoms with E-state index in [2.05, 4.69) is 29.7 Å². The van der Waals surface area contributed by atoms with Gasteiger partial charge in [-0.15, -0.1) is 0 Å². The van der Waals surface area contributed by atoms with Gasteiger partial charge in [-0.25, -0.2) is 4.99 Å². The molecule has 1 heterocycles. The van der Waals surface area contributed by atoms with Crippen LogP contribution in [-0.2, 0) is 16.7 Å². The van der Waals surface area contributed by atoms with Crippen LogP contribution in [0.1, 0.15) is 30.9 Å². The number of methoxy groups -OCH3 is 2. The summed E-state index contributed by atoms with van der Waals surface area (Å²) < 4.78 is 16.4. The van der Waals surface area contributed by atoms with E-state index < -0.39 is 0 Å². The number of rotatable bonds is 8. The summed E-state index contributed by atoms with van der Waals surface area (Å²) in [6.45, 7) is 5.62. The maximum absolute atomic E-state index is 6.30. The Labute approximate surface area is 190 Å². The van der Waals surface area contributed by atoms with Gasteiger partial charge in [0.15, 0.2) is 17.5 Å². The second-order valence-corrected chi connectivity index (χ2v) is 8.08. The number of ether oxygens (including phenoxy) is 3. The highest BCUT2D eigenvalue weighted by Crippen LogP contribution is 2.35. The molecule has 0 aliphatic carbocycles. The van der Waals surface area contributed by atoms with Crippen LogP contribution in [0.15, 0.2) is 47.5 Å². The predicted octanol–water partition coefficient (Wildman–Crippen LogP) is 4.16. The molecular formula is C24H32ClN3O3. The highest BCUT2D eigenvalue weighted by molar-refractivity contribution is 6.30. The molecule has 2 N–H and O–H groups in total. The first-order chi connectivity index (χ1) is 15.1. The lowest BCUT2D eigenvalue weighted by Crippen LogP contribution is -2.48. The quantitative estimate of drug-likeness (QED) is 0.472. The lowest BCUT2D eigenvalue weighted by atomic mass is 9.74. The SMILES string of the molecule is CCNC(=NCc1ccc(OC)c(OC)c1)NCC1(c2cccc(Cl)c2)CCOCC1. The van der Waals surface area contributed by atoms with Crippen LogP contribution < -0.4 is 20.1 Å². The van der Waals surface area contributed by atoms with Crippen molar-refractivity contribution >= 4 is 17.6 Å². The van der Waals surface area contributed by atoms with Crippen LogP contribution >= 0.6 is 11.6 Å². The van der Waals surface area contributed by atoms with E-state index in [-0.39, 0.29) is 5.41 Å². The van der Waals surface area contributed by atoms with Gasteiger partial charge < -0.3 is 24.8 Å². The molecule has 1 fully saturated rings. The minimum atomic E-state index is -0.0390. The van der Waals surface area contributed by atoms with Crippen LogP contribution in [0.2, 0.25) is 5.02 Å². The van der Waals surface area contributed by atoms with E-state index in [0.29, 0.717) is 18.0 Å². The molecular weight excluding hydrogens is 414 g/mol. The maximum atomic E-state index is 6.30. The molecule has 1 saturated heterocycles. The summed E-state index contributed by atoms with van der Waals surface area (Å²) >= 11 is 6.30. The smallest absolute Gasteiger partial charge is 0.191 e. The average molecular weight is 446 g/mol. The predicted molar refractivity (Wildman–Crippen MR) is 126 cm³/mol. The summed E-state index contributed by atoms with van der Waals surface area (Å²) in [5.41, 5.74) is 2.25. The number of guanidine groups is 1. The number of benzene rings is 2. The highest BCUT2D eigenvalue weighted by Gasteiger charge is 2.34. The molecule has 6 nitrogen and oxygen atoms in total. The normalized spacial score (nSPS) is 15.9. The first kappa shape index (κ1) is 23.2. The van der Waals surface area contributed by atoms with Crippen LogP contribution in [0.4, 0.5) is 0 Å². The molecule has 7 heteroatoms. The fourth-order valence-electron chi connectivity index (χ4n) is 3.89. The zero-order valence-electron chi connectivity index (χ0n) is 18.5. The van der Waals surface area contributed by atoms with Crippen LogP contribution in [0, 0.1) is 0 Å². The van der Waals surface area contributed by atoms with Crippen LogP contribution in [0.5, 0.6) is 11.5 Å². The fourth-order valence-corrected chi connectivity index (χ4v) is 4.08. The molecule has 1 aliphatic rings. The van der Waals surface area contributed by atoms with Gasteiger partial charge in [0.2, 0.25) is 0 Å². The van der Waals surface area contributed by atoms with E-state index >= 15 is 0 Å². The second-order valence-electron chi connectivity index (χ2n) is 7.64. The molecule has 0 atom stereocenters. The summed E-state index contributed by atoms with van der Waals surface area (Å²) in [7, 11) is 3.27. The zero-order chi connectivity index (χ0) is 22.1. The van der Waals surface area contributed by atoms with Gasteiger partial charge >= 0.3 is 0 Å². The van der Waals surface area contributed by atoms with Crippen LogP contribution in [0.25, 0.3) is 0 Å². The number of aliphatic imine (C=N–C) groups is 1. The van der Waals surface area contributed by atoms with Crippen molar-refractivity contribution in [1.29, 1.82) is 0 Å². The Morgan fingerprint density at radius 2 is 1.84 bits per heavy atom. The molecule has 1 aliphatic heterocycles. The van der Waals surface area contributed by atoms with Crippen molar-refractivity contribution in [3.8, 4) is 11.5 Å². The minimum Gasteiger partial charge on any atom is -0.493 e. The molecule has 168 valence electrons. The summed E-state index contributed by atoms with van der Waals surface area (Å²) in [5, 5.41) is 7.67. The molecule has 31 heavy (non-hydrogen) atoms. The molecule has 0 saturated carbocycles. The Kier molecular flexibility index (Phi) is 8.43. The van der Waals surface area contributed by atoms with E-state index in [1.165, 1.54) is 5.56 Å². The average Bonchev–Trinajstić information content (AvgIpc) is 2.81. The van der Waals surface area contributed by atoms with Gasteiger partial charge in [-0.2, -0.15) is 0 Å². The third kappa shape index (κ3) is 6.05. The van der Waals surface area contributed by atoms with E-state index in [1.54, 1.807) is 14.2 Å². The molecule has 2 aromatic carbocycles. The fraction of sp³-hybridized carbons (Fsp3) is 0.458. The Morgan fingerprint density at radius 3 is 2.52 bits per heavy atom. The topological polar surface area (TPSA) is 64.1 Å². The van der Waals surface area contributed by atoms with Gasteiger partial charge in [0.1, 0.15) is 0 Å². The number of halogens is 1. The third-order valence-corrected chi connectivity index (χ3v) is 5.93. The molecule has 0 amide bonds.